The summed E-state index contributed by atoms with van der Waals surface area (Å²) < 4.78 is 14.5. The van der Waals surface area contributed by atoms with E-state index in [2.05, 4.69) is 6.92 Å². The maximum atomic E-state index is 14.5. The first-order valence-corrected chi connectivity index (χ1v) is 5.18. The van der Waals surface area contributed by atoms with Gasteiger partial charge in [-0.15, -0.1) is 0 Å². The van der Waals surface area contributed by atoms with Gasteiger partial charge in [-0.3, -0.25) is 0 Å². The minimum absolute atomic E-state index is 0.0440. The van der Waals surface area contributed by atoms with Crippen molar-refractivity contribution in [2.45, 2.75) is 53.1 Å². The molecule has 0 rings (SSSR count). The second kappa shape index (κ2) is 4.41. The first-order valence-electron chi connectivity index (χ1n) is 5.18. The molecule has 0 saturated heterocycles. The smallest absolute Gasteiger partial charge is 0.130 e. The lowest BCUT2D eigenvalue weighted by Gasteiger charge is -2.41. The van der Waals surface area contributed by atoms with E-state index in [1.54, 1.807) is 0 Å². The van der Waals surface area contributed by atoms with E-state index >= 15 is 0 Å². The molecule has 0 aliphatic rings. The van der Waals surface area contributed by atoms with Crippen LogP contribution in [0, 0.1) is 11.3 Å². The summed E-state index contributed by atoms with van der Waals surface area (Å²) in [6.07, 6.45) is 1.92. The third-order valence-electron chi connectivity index (χ3n) is 3.05. The van der Waals surface area contributed by atoms with Gasteiger partial charge in [0.2, 0.25) is 0 Å². The van der Waals surface area contributed by atoms with Crippen LogP contribution in [-0.2, 0) is 0 Å². The Hall–Kier alpha value is -0.110. The molecule has 1 nitrogen and oxygen atoms in total. The van der Waals surface area contributed by atoms with Crippen LogP contribution in [0.1, 0.15) is 47.5 Å². The second-order valence-corrected chi connectivity index (χ2v) is 5.01. The van der Waals surface area contributed by atoms with Crippen LogP contribution in [0.25, 0.3) is 0 Å². The van der Waals surface area contributed by atoms with E-state index in [-0.39, 0.29) is 17.9 Å². The standard InChI is InChI=1S/C11H24FN/c1-6-7-9(2)11(12,8-13)10(3,4)5/h9H,6-8,13H2,1-5H3. The molecule has 0 spiro atoms. The van der Waals surface area contributed by atoms with E-state index in [9.17, 15) is 4.39 Å². The molecule has 0 amide bonds. The van der Waals surface area contributed by atoms with Crippen molar-refractivity contribution < 1.29 is 4.39 Å². The van der Waals surface area contributed by atoms with Gasteiger partial charge in [-0.05, 0) is 17.8 Å². The topological polar surface area (TPSA) is 26.0 Å². The van der Waals surface area contributed by atoms with E-state index in [0.29, 0.717) is 0 Å². The molecule has 0 radical (unpaired) electrons. The van der Waals surface area contributed by atoms with Crippen LogP contribution in [0.3, 0.4) is 0 Å². The monoisotopic (exact) mass is 189 g/mol. The summed E-state index contributed by atoms with van der Waals surface area (Å²) in [6.45, 7) is 9.93. The maximum absolute atomic E-state index is 14.5. The van der Waals surface area contributed by atoms with Gasteiger partial charge in [0.05, 0.1) is 0 Å². The second-order valence-electron chi connectivity index (χ2n) is 5.01. The van der Waals surface area contributed by atoms with Gasteiger partial charge in [-0.2, -0.15) is 0 Å². The zero-order valence-electron chi connectivity index (χ0n) is 9.65. The number of hydrogen-bond acceptors (Lipinski definition) is 1. The highest BCUT2D eigenvalue weighted by Crippen LogP contribution is 2.41. The number of hydrogen-bond donors (Lipinski definition) is 1. The summed E-state index contributed by atoms with van der Waals surface area (Å²) in [7, 11) is 0. The highest BCUT2D eigenvalue weighted by Gasteiger charge is 2.45. The molecule has 0 fully saturated rings. The van der Waals surface area contributed by atoms with E-state index in [1.165, 1.54) is 0 Å². The molecular weight excluding hydrogens is 165 g/mol. The van der Waals surface area contributed by atoms with Crippen molar-refractivity contribution in [2.75, 3.05) is 6.54 Å². The normalized spacial score (nSPS) is 19.6. The quantitative estimate of drug-likeness (QED) is 0.722. The van der Waals surface area contributed by atoms with Crippen LogP contribution in [0.4, 0.5) is 4.39 Å². The van der Waals surface area contributed by atoms with Gasteiger partial charge in [0.15, 0.2) is 0 Å². The number of rotatable bonds is 4. The molecule has 13 heavy (non-hydrogen) atoms. The average molecular weight is 189 g/mol. The summed E-state index contributed by atoms with van der Waals surface area (Å²) in [5.41, 5.74) is 3.95. The van der Waals surface area contributed by atoms with Crippen LogP contribution >= 0.6 is 0 Å². The molecule has 80 valence electrons. The average Bonchev–Trinajstić information content (AvgIpc) is 2.01. The van der Waals surface area contributed by atoms with Gasteiger partial charge < -0.3 is 5.73 Å². The van der Waals surface area contributed by atoms with Gasteiger partial charge in [0, 0.05) is 6.54 Å². The van der Waals surface area contributed by atoms with Crippen LogP contribution in [0.2, 0.25) is 0 Å². The van der Waals surface area contributed by atoms with Crippen molar-refractivity contribution in [2.24, 2.45) is 17.1 Å². The molecular formula is C11H24FN. The van der Waals surface area contributed by atoms with E-state index in [0.717, 1.165) is 12.8 Å². The minimum atomic E-state index is -1.23. The number of alkyl halides is 1. The summed E-state index contributed by atoms with van der Waals surface area (Å²) >= 11 is 0. The molecule has 2 atom stereocenters. The Morgan fingerprint density at radius 1 is 1.31 bits per heavy atom. The Balaban J connectivity index is 4.62. The van der Waals surface area contributed by atoms with Crippen molar-refractivity contribution in [3.63, 3.8) is 0 Å². The Labute approximate surface area is 81.9 Å². The zero-order valence-corrected chi connectivity index (χ0v) is 9.65. The van der Waals surface area contributed by atoms with Gasteiger partial charge in [-0.1, -0.05) is 41.0 Å². The number of nitrogens with two attached hydrogens (primary N) is 1. The molecule has 0 bridgehead atoms. The van der Waals surface area contributed by atoms with E-state index in [4.69, 9.17) is 5.73 Å². The van der Waals surface area contributed by atoms with Crippen LogP contribution in [0.5, 0.6) is 0 Å². The fraction of sp³-hybridized carbons (Fsp3) is 1.00. The summed E-state index contributed by atoms with van der Waals surface area (Å²) in [6, 6.07) is 0. The minimum Gasteiger partial charge on any atom is -0.327 e. The molecule has 0 aliphatic carbocycles. The lowest BCUT2D eigenvalue weighted by atomic mass is 9.69. The lowest BCUT2D eigenvalue weighted by molar-refractivity contribution is -0.0165. The molecule has 2 N–H and O–H groups in total. The fourth-order valence-corrected chi connectivity index (χ4v) is 1.91. The van der Waals surface area contributed by atoms with Gasteiger partial charge in [-0.25, -0.2) is 4.39 Å². The molecule has 0 aromatic heterocycles. The zero-order chi connectivity index (χ0) is 10.7. The highest BCUT2D eigenvalue weighted by molar-refractivity contribution is 4.95. The van der Waals surface area contributed by atoms with E-state index < -0.39 is 5.67 Å². The van der Waals surface area contributed by atoms with Gasteiger partial charge in [0.1, 0.15) is 5.67 Å². The van der Waals surface area contributed by atoms with Crippen LogP contribution < -0.4 is 5.73 Å². The molecule has 0 aliphatic heterocycles. The molecule has 0 aromatic carbocycles. The van der Waals surface area contributed by atoms with Crippen LogP contribution in [-0.4, -0.2) is 12.2 Å². The molecule has 2 heteroatoms. The van der Waals surface area contributed by atoms with Crippen LogP contribution in [0.15, 0.2) is 0 Å². The fourth-order valence-electron chi connectivity index (χ4n) is 1.91. The third-order valence-corrected chi connectivity index (χ3v) is 3.05. The molecule has 0 saturated carbocycles. The predicted octanol–water partition coefficient (Wildman–Crippen LogP) is 3.14. The summed E-state index contributed by atoms with van der Waals surface area (Å²) in [5, 5.41) is 0. The van der Waals surface area contributed by atoms with Crippen molar-refractivity contribution in [1.29, 1.82) is 0 Å². The van der Waals surface area contributed by atoms with E-state index in [1.807, 2.05) is 27.7 Å². The van der Waals surface area contributed by atoms with Gasteiger partial charge in [0.25, 0.3) is 0 Å². The van der Waals surface area contributed by atoms with Crippen molar-refractivity contribution in [3.05, 3.63) is 0 Å². The Morgan fingerprint density at radius 3 is 2.00 bits per heavy atom. The molecule has 2 unspecified atom stereocenters. The Kier molecular flexibility index (Phi) is 4.37. The Morgan fingerprint density at radius 2 is 1.77 bits per heavy atom. The first-order chi connectivity index (χ1) is 5.79. The van der Waals surface area contributed by atoms with Crippen molar-refractivity contribution in [1.82, 2.24) is 0 Å². The number of halogens is 1. The predicted molar refractivity (Wildman–Crippen MR) is 56.4 cm³/mol. The lowest BCUT2D eigenvalue weighted by Crippen LogP contribution is -2.50. The summed E-state index contributed by atoms with van der Waals surface area (Å²) in [4.78, 5) is 0. The largest absolute Gasteiger partial charge is 0.327 e. The Bertz CT molecular complexity index is 151. The van der Waals surface area contributed by atoms with Crippen molar-refractivity contribution >= 4 is 0 Å². The molecule has 0 heterocycles. The highest BCUT2D eigenvalue weighted by atomic mass is 19.1. The molecule has 0 aromatic rings. The maximum Gasteiger partial charge on any atom is 0.130 e. The SMILES string of the molecule is CCCC(C)C(F)(CN)C(C)(C)C. The van der Waals surface area contributed by atoms with Gasteiger partial charge >= 0.3 is 0 Å². The first kappa shape index (κ1) is 12.9. The summed E-state index contributed by atoms with van der Waals surface area (Å²) in [5.74, 6) is 0.0440. The van der Waals surface area contributed by atoms with Crippen molar-refractivity contribution in [3.8, 4) is 0 Å². The third kappa shape index (κ3) is 2.67.